The van der Waals surface area contributed by atoms with Crippen LogP contribution in [0, 0.1) is 3.57 Å². The SMILES string of the molecule is CC=Cc1cccc(I)c1Br. The van der Waals surface area contributed by atoms with Crippen molar-refractivity contribution in [1.82, 2.24) is 0 Å². The van der Waals surface area contributed by atoms with Gasteiger partial charge in [0.05, 0.1) is 0 Å². The van der Waals surface area contributed by atoms with Crippen molar-refractivity contribution in [3.05, 3.63) is 37.9 Å². The van der Waals surface area contributed by atoms with Crippen LogP contribution >= 0.6 is 38.5 Å². The van der Waals surface area contributed by atoms with E-state index in [9.17, 15) is 0 Å². The first kappa shape index (κ1) is 9.26. The van der Waals surface area contributed by atoms with Crippen LogP contribution < -0.4 is 0 Å². The van der Waals surface area contributed by atoms with Gasteiger partial charge in [0, 0.05) is 8.04 Å². The standard InChI is InChI=1S/C9H8BrI/c1-2-4-7-5-3-6-8(11)9(7)10/h2-6H,1H3. The third-order valence-corrected chi connectivity index (χ3v) is 3.85. The van der Waals surface area contributed by atoms with Gasteiger partial charge in [-0.2, -0.15) is 0 Å². The number of hydrogen-bond donors (Lipinski definition) is 0. The van der Waals surface area contributed by atoms with Crippen LogP contribution in [-0.2, 0) is 0 Å². The van der Waals surface area contributed by atoms with Gasteiger partial charge >= 0.3 is 0 Å². The highest BCUT2D eigenvalue weighted by molar-refractivity contribution is 14.1. The molecule has 1 aromatic rings. The van der Waals surface area contributed by atoms with E-state index in [1.54, 1.807) is 0 Å². The highest BCUT2D eigenvalue weighted by atomic mass is 127. The smallest absolute Gasteiger partial charge is 0.0381 e. The van der Waals surface area contributed by atoms with Crippen LogP contribution in [0.25, 0.3) is 6.08 Å². The lowest BCUT2D eigenvalue weighted by Crippen LogP contribution is -1.78. The average molecular weight is 323 g/mol. The largest absolute Gasteiger partial charge is 0.0870 e. The van der Waals surface area contributed by atoms with Crippen LogP contribution in [0.2, 0.25) is 0 Å². The summed E-state index contributed by atoms with van der Waals surface area (Å²) < 4.78 is 2.43. The van der Waals surface area contributed by atoms with E-state index in [0.717, 1.165) is 0 Å². The first-order chi connectivity index (χ1) is 5.25. The van der Waals surface area contributed by atoms with Crippen molar-refractivity contribution in [2.45, 2.75) is 6.92 Å². The number of hydrogen-bond acceptors (Lipinski definition) is 0. The zero-order valence-electron chi connectivity index (χ0n) is 6.14. The Labute approximate surface area is 89.0 Å². The number of allylic oxidation sites excluding steroid dienone is 1. The zero-order chi connectivity index (χ0) is 8.27. The molecule has 0 heterocycles. The minimum atomic E-state index is 1.18. The molecule has 0 aliphatic carbocycles. The molecule has 0 atom stereocenters. The fraction of sp³-hybridized carbons (Fsp3) is 0.111. The molecule has 0 bridgehead atoms. The molecule has 0 saturated carbocycles. The molecule has 1 aromatic carbocycles. The van der Waals surface area contributed by atoms with Crippen LogP contribution in [-0.4, -0.2) is 0 Å². The summed E-state index contributed by atoms with van der Waals surface area (Å²) in [4.78, 5) is 0. The molecule has 0 fully saturated rings. The monoisotopic (exact) mass is 322 g/mol. The Morgan fingerprint density at radius 3 is 2.82 bits per heavy atom. The van der Waals surface area contributed by atoms with Crippen molar-refractivity contribution in [1.29, 1.82) is 0 Å². The van der Waals surface area contributed by atoms with Gasteiger partial charge in [0.15, 0.2) is 0 Å². The van der Waals surface area contributed by atoms with Gasteiger partial charge in [-0.25, -0.2) is 0 Å². The van der Waals surface area contributed by atoms with Gasteiger partial charge in [-0.1, -0.05) is 24.3 Å². The predicted octanol–water partition coefficient (Wildman–Crippen LogP) is 4.09. The lowest BCUT2D eigenvalue weighted by molar-refractivity contribution is 1.54. The Morgan fingerprint density at radius 2 is 2.18 bits per heavy atom. The molecule has 11 heavy (non-hydrogen) atoms. The molecule has 58 valence electrons. The predicted molar refractivity (Wildman–Crippen MR) is 61.6 cm³/mol. The Balaban J connectivity index is 3.16. The molecule has 0 aliphatic rings. The maximum atomic E-state index is 3.52. The Morgan fingerprint density at radius 1 is 1.45 bits per heavy atom. The summed E-state index contributed by atoms with van der Waals surface area (Å²) in [5.41, 5.74) is 1.24. The minimum Gasteiger partial charge on any atom is -0.0870 e. The van der Waals surface area contributed by atoms with Crippen LogP contribution in [0.5, 0.6) is 0 Å². The molecule has 0 N–H and O–H groups in total. The van der Waals surface area contributed by atoms with Gasteiger partial charge in [0.1, 0.15) is 0 Å². The summed E-state index contributed by atoms with van der Waals surface area (Å²) in [6.07, 6.45) is 4.13. The second-order valence-electron chi connectivity index (χ2n) is 2.14. The van der Waals surface area contributed by atoms with Crippen LogP contribution in [0.3, 0.4) is 0 Å². The van der Waals surface area contributed by atoms with Crippen LogP contribution in [0.1, 0.15) is 12.5 Å². The van der Waals surface area contributed by atoms with E-state index in [2.05, 4.69) is 62.8 Å². The van der Waals surface area contributed by atoms with Crippen molar-refractivity contribution in [2.75, 3.05) is 0 Å². The molecule has 0 amide bonds. The van der Waals surface area contributed by atoms with Gasteiger partial charge in [-0.05, 0) is 57.1 Å². The molecule has 0 unspecified atom stereocenters. The molecule has 0 spiro atoms. The van der Waals surface area contributed by atoms with Gasteiger partial charge in [0.25, 0.3) is 0 Å². The van der Waals surface area contributed by atoms with Crippen LogP contribution in [0.4, 0.5) is 0 Å². The zero-order valence-corrected chi connectivity index (χ0v) is 9.89. The van der Waals surface area contributed by atoms with E-state index in [1.165, 1.54) is 13.6 Å². The van der Waals surface area contributed by atoms with Gasteiger partial charge in [-0.3, -0.25) is 0 Å². The van der Waals surface area contributed by atoms with E-state index in [-0.39, 0.29) is 0 Å². The number of rotatable bonds is 1. The second kappa shape index (κ2) is 4.26. The molecule has 0 nitrogen and oxygen atoms in total. The van der Waals surface area contributed by atoms with Gasteiger partial charge in [0.2, 0.25) is 0 Å². The van der Waals surface area contributed by atoms with E-state index in [4.69, 9.17) is 0 Å². The van der Waals surface area contributed by atoms with E-state index in [1.807, 2.05) is 13.0 Å². The maximum Gasteiger partial charge on any atom is 0.0381 e. The lowest BCUT2D eigenvalue weighted by Gasteiger charge is -1.99. The minimum absolute atomic E-state index is 1.18. The van der Waals surface area contributed by atoms with E-state index < -0.39 is 0 Å². The number of benzene rings is 1. The normalized spacial score (nSPS) is 10.8. The first-order valence-corrected chi connectivity index (χ1v) is 5.19. The summed E-state index contributed by atoms with van der Waals surface area (Å²) in [6.45, 7) is 2.02. The molecular weight excluding hydrogens is 315 g/mol. The van der Waals surface area contributed by atoms with Crippen molar-refractivity contribution < 1.29 is 0 Å². The number of halogens is 2. The lowest BCUT2D eigenvalue weighted by atomic mass is 10.2. The topological polar surface area (TPSA) is 0 Å². The molecule has 1 rings (SSSR count). The Bertz CT molecular complexity index is 279. The highest BCUT2D eigenvalue weighted by Crippen LogP contribution is 2.23. The van der Waals surface area contributed by atoms with Crippen molar-refractivity contribution in [3.8, 4) is 0 Å². The third kappa shape index (κ3) is 2.30. The average Bonchev–Trinajstić information content (AvgIpc) is 1.99. The summed E-state index contributed by atoms with van der Waals surface area (Å²) in [5, 5.41) is 0. The molecule has 0 radical (unpaired) electrons. The first-order valence-electron chi connectivity index (χ1n) is 3.32. The second-order valence-corrected chi connectivity index (χ2v) is 4.10. The van der Waals surface area contributed by atoms with Gasteiger partial charge < -0.3 is 0 Å². The summed E-state index contributed by atoms with van der Waals surface area (Å²) in [7, 11) is 0. The fourth-order valence-electron chi connectivity index (χ4n) is 0.829. The molecule has 0 aromatic heterocycles. The molecule has 2 heteroatoms. The Hall–Kier alpha value is 0.170. The summed E-state index contributed by atoms with van der Waals surface area (Å²) in [6, 6.07) is 6.23. The summed E-state index contributed by atoms with van der Waals surface area (Å²) in [5.74, 6) is 0. The van der Waals surface area contributed by atoms with Gasteiger partial charge in [-0.15, -0.1) is 0 Å². The maximum absolute atomic E-state index is 3.52. The van der Waals surface area contributed by atoms with Crippen molar-refractivity contribution in [2.24, 2.45) is 0 Å². The fourth-order valence-corrected chi connectivity index (χ4v) is 1.74. The third-order valence-electron chi connectivity index (χ3n) is 1.33. The van der Waals surface area contributed by atoms with E-state index in [0.29, 0.717) is 0 Å². The molecular formula is C9H8BrI. The van der Waals surface area contributed by atoms with E-state index >= 15 is 0 Å². The molecule has 0 aliphatic heterocycles. The molecule has 0 saturated heterocycles. The highest BCUT2D eigenvalue weighted by Gasteiger charge is 1.97. The van der Waals surface area contributed by atoms with Crippen molar-refractivity contribution in [3.63, 3.8) is 0 Å². The summed E-state index contributed by atoms with van der Waals surface area (Å²) >= 11 is 5.83. The Kier molecular flexibility index (Phi) is 3.59. The van der Waals surface area contributed by atoms with Crippen molar-refractivity contribution >= 4 is 44.6 Å². The quantitative estimate of drug-likeness (QED) is 0.683. The van der Waals surface area contributed by atoms with Crippen LogP contribution in [0.15, 0.2) is 28.7 Å².